The van der Waals surface area contributed by atoms with Gasteiger partial charge in [-0.2, -0.15) is 13.2 Å². The summed E-state index contributed by atoms with van der Waals surface area (Å²) in [5, 5.41) is 12.6. The van der Waals surface area contributed by atoms with Crippen LogP contribution in [0, 0.1) is 6.57 Å². The van der Waals surface area contributed by atoms with Crippen LogP contribution in [0.5, 0.6) is 0 Å². The van der Waals surface area contributed by atoms with E-state index in [-0.39, 0.29) is 16.8 Å². The predicted molar refractivity (Wildman–Crippen MR) is 389 cm³/mol. The molecule has 0 aliphatic carbocycles. The number of para-hydroxylation sites is 8. The van der Waals surface area contributed by atoms with Crippen LogP contribution in [0.1, 0.15) is 5.56 Å². The van der Waals surface area contributed by atoms with Crippen LogP contribution in [0.2, 0.25) is 0 Å². The van der Waals surface area contributed by atoms with Crippen molar-refractivity contribution in [2.24, 2.45) is 0 Å². The summed E-state index contributed by atoms with van der Waals surface area (Å²) in [5.74, 6) is 0. The highest BCUT2D eigenvalue weighted by Crippen LogP contribution is 2.50. The average Bonchev–Trinajstić information content (AvgIpc) is 1.53. The van der Waals surface area contributed by atoms with E-state index in [1.54, 1.807) is 12.1 Å². The first-order chi connectivity index (χ1) is 47.3. The molecule has 0 spiro atoms. The zero-order valence-electron chi connectivity index (χ0n) is 51.1. The van der Waals surface area contributed by atoms with Crippen LogP contribution in [0.15, 0.2) is 303 Å². The molecule has 0 amide bonds. The number of hydrogen-bond acceptors (Lipinski definition) is 0. The molecule has 20 rings (SSSR count). The van der Waals surface area contributed by atoms with Gasteiger partial charge in [-0.05, 0) is 145 Å². The highest BCUT2D eigenvalue weighted by molar-refractivity contribution is 6.18. The molecule has 0 aliphatic rings. The Morgan fingerprint density at radius 2 is 0.500 bits per heavy atom. The molecule has 0 saturated carbocycles. The smallest absolute Gasteiger partial charge is 0.319 e. The van der Waals surface area contributed by atoms with Gasteiger partial charge in [-0.3, -0.25) is 0 Å². The van der Waals surface area contributed by atoms with E-state index in [2.05, 4.69) is 299 Å². The van der Waals surface area contributed by atoms with Gasteiger partial charge in [-0.1, -0.05) is 170 Å². The molecule has 0 atom stereocenters. The SMILES string of the molecule is [C-]#[N+]c1c(-n2c3ccc(-n4c5ccccc5c5ccccc54)cc3c3cc(-n4c5ccccc5c5ccccc54)ccc32)ccc(-c2ccccc2C(F)(F)F)c1-n1c2ccc(-n3c4ccccc4c4ccccc43)cc2c2cc(-n3c4ccccc4c4ccccc43)ccc21. The Hall–Kier alpha value is -12.8. The normalized spacial score (nSPS) is 12.3. The van der Waals surface area contributed by atoms with E-state index in [1.165, 1.54) is 12.1 Å². The number of alkyl halides is 3. The van der Waals surface area contributed by atoms with Crippen LogP contribution in [0.25, 0.3) is 181 Å². The van der Waals surface area contributed by atoms with Crippen molar-refractivity contribution in [2.45, 2.75) is 6.18 Å². The number of aromatic nitrogens is 6. The van der Waals surface area contributed by atoms with Crippen molar-refractivity contribution in [1.82, 2.24) is 27.4 Å². The fraction of sp³-hybridized carbons (Fsp3) is 0.0116. The number of halogens is 3. The zero-order chi connectivity index (χ0) is 63.7. The second-order valence-electron chi connectivity index (χ2n) is 24.9. The summed E-state index contributed by atoms with van der Waals surface area (Å²) in [7, 11) is 0. The Morgan fingerprint density at radius 3 is 0.792 bits per heavy atom. The lowest BCUT2D eigenvalue weighted by atomic mass is 9.96. The van der Waals surface area contributed by atoms with E-state index in [9.17, 15) is 6.57 Å². The highest BCUT2D eigenvalue weighted by Gasteiger charge is 2.36. The molecule has 450 valence electrons. The van der Waals surface area contributed by atoms with Gasteiger partial charge in [-0.25, -0.2) is 4.85 Å². The van der Waals surface area contributed by atoms with Gasteiger partial charge in [0.2, 0.25) is 5.69 Å². The quantitative estimate of drug-likeness (QED) is 0.143. The Balaban J connectivity index is 0.907. The monoisotopic (exact) mass is 1240 g/mol. The van der Waals surface area contributed by atoms with E-state index in [0.29, 0.717) is 11.4 Å². The predicted octanol–water partition coefficient (Wildman–Crippen LogP) is 23.5. The second kappa shape index (κ2) is 20.1. The molecular weight excluding hydrogens is 1190 g/mol. The van der Waals surface area contributed by atoms with Crippen LogP contribution in [-0.4, -0.2) is 27.4 Å². The molecule has 0 bridgehead atoms. The molecule has 0 N–H and O–H groups in total. The summed E-state index contributed by atoms with van der Waals surface area (Å²) in [6.07, 6.45) is -4.74. The number of benzene rings is 14. The molecule has 96 heavy (non-hydrogen) atoms. The third kappa shape index (κ3) is 7.53. The Morgan fingerprint density at radius 1 is 0.240 bits per heavy atom. The molecule has 6 heterocycles. The standard InChI is InChI=1S/C86H50F3N7/c1-90-84-83(95-79-43-38-52(91-71-30-12-3-21-57(71)58-22-4-13-31-72(58)91)48-66(79)67-49-53(39-44-80(67)95)92-73-32-14-5-23-59(73)60-24-6-15-33-74(60)92)47-42-65(56-20-2-11-29-70(56)86(87,88)89)85(84)96-81-45-40-54(93-75-34-16-7-25-61(75)62-26-8-17-35-76(62)93)50-68(81)69-51-55(41-46-82(69)96)94-77-36-18-9-27-63(77)64-28-10-19-37-78(64)94/h2-51H. The lowest BCUT2D eigenvalue weighted by Crippen LogP contribution is -2.09. The van der Waals surface area contributed by atoms with Gasteiger partial charge in [0.15, 0.2) is 0 Å². The molecule has 0 radical (unpaired) electrons. The maximum absolute atomic E-state index is 15.9. The minimum Gasteiger partial charge on any atom is -0.319 e. The summed E-state index contributed by atoms with van der Waals surface area (Å²) in [5.41, 5.74) is 15.7. The van der Waals surface area contributed by atoms with Crippen molar-refractivity contribution in [3.8, 4) is 45.3 Å². The Labute approximate surface area is 545 Å². The summed E-state index contributed by atoms with van der Waals surface area (Å²) >= 11 is 0. The Kier molecular flexibility index (Phi) is 11.3. The maximum Gasteiger partial charge on any atom is 0.417 e. The molecule has 7 nitrogen and oxygen atoms in total. The van der Waals surface area contributed by atoms with Gasteiger partial charge >= 0.3 is 6.18 Å². The summed E-state index contributed by atoms with van der Waals surface area (Å²) < 4.78 is 61.1. The highest BCUT2D eigenvalue weighted by atomic mass is 19.4. The van der Waals surface area contributed by atoms with E-state index >= 15 is 13.2 Å². The topological polar surface area (TPSA) is 33.9 Å². The summed E-state index contributed by atoms with van der Waals surface area (Å²) in [6.45, 7) is 9.69. The Bertz CT molecular complexity index is 6240. The van der Waals surface area contributed by atoms with Crippen LogP contribution < -0.4 is 0 Å². The van der Waals surface area contributed by atoms with Gasteiger partial charge in [0.05, 0.1) is 89.7 Å². The molecule has 0 saturated heterocycles. The van der Waals surface area contributed by atoms with Gasteiger partial charge in [0.25, 0.3) is 0 Å². The third-order valence-electron chi connectivity index (χ3n) is 20.0. The number of hydrogen-bond donors (Lipinski definition) is 0. The molecule has 20 aromatic rings. The molecule has 0 fully saturated rings. The van der Waals surface area contributed by atoms with Crippen molar-refractivity contribution < 1.29 is 13.2 Å². The minimum atomic E-state index is -4.74. The minimum absolute atomic E-state index is 0.0379. The van der Waals surface area contributed by atoms with Gasteiger partial charge in [-0.15, -0.1) is 0 Å². The van der Waals surface area contributed by atoms with Crippen molar-refractivity contribution in [1.29, 1.82) is 0 Å². The van der Waals surface area contributed by atoms with Crippen LogP contribution in [0.4, 0.5) is 18.9 Å². The zero-order valence-corrected chi connectivity index (χ0v) is 51.1. The van der Waals surface area contributed by atoms with Gasteiger partial charge in [0.1, 0.15) is 0 Å². The van der Waals surface area contributed by atoms with Crippen molar-refractivity contribution in [3.63, 3.8) is 0 Å². The van der Waals surface area contributed by atoms with Crippen molar-refractivity contribution in [2.75, 3.05) is 0 Å². The van der Waals surface area contributed by atoms with E-state index in [0.717, 1.165) is 160 Å². The van der Waals surface area contributed by atoms with Crippen LogP contribution >= 0.6 is 0 Å². The first-order valence-corrected chi connectivity index (χ1v) is 32.1. The second-order valence-corrected chi connectivity index (χ2v) is 24.9. The number of nitrogens with zero attached hydrogens (tertiary/aromatic N) is 7. The molecule has 6 aromatic heterocycles. The fourth-order valence-electron chi connectivity index (χ4n) is 16.1. The first kappa shape index (κ1) is 53.8. The lowest BCUT2D eigenvalue weighted by molar-refractivity contribution is -0.137. The fourth-order valence-corrected chi connectivity index (χ4v) is 16.1. The van der Waals surface area contributed by atoms with Crippen molar-refractivity contribution >= 4 is 137 Å². The number of fused-ring (bicyclic) bond motifs is 18. The van der Waals surface area contributed by atoms with E-state index in [4.69, 9.17) is 0 Å². The lowest BCUT2D eigenvalue weighted by Gasteiger charge is -2.22. The maximum atomic E-state index is 15.9. The summed E-state index contributed by atoms with van der Waals surface area (Å²) in [4.78, 5) is 4.60. The number of rotatable bonds is 7. The molecule has 0 unspecified atom stereocenters. The van der Waals surface area contributed by atoms with Gasteiger partial charge < -0.3 is 27.4 Å². The third-order valence-corrected chi connectivity index (χ3v) is 20.0. The van der Waals surface area contributed by atoms with E-state index in [1.807, 2.05) is 6.07 Å². The first-order valence-electron chi connectivity index (χ1n) is 32.1. The molecule has 10 heteroatoms. The molecule has 14 aromatic carbocycles. The largest absolute Gasteiger partial charge is 0.417 e. The molecule has 0 aliphatic heterocycles. The van der Waals surface area contributed by atoms with E-state index < -0.39 is 11.7 Å². The summed E-state index contributed by atoms with van der Waals surface area (Å²) in [6, 6.07) is 103. The van der Waals surface area contributed by atoms with Crippen LogP contribution in [0.3, 0.4) is 0 Å². The average molecular weight is 1240 g/mol. The van der Waals surface area contributed by atoms with Gasteiger partial charge in [0, 0.05) is 87.4 Å². The van der Waals surface area contributed by atoms with Crippen LogP contribution in [-0.2, 0) is 6.18 Å². The van der Waals surface area contributed by atoms with Crippen molar-refractivity contribution in [3.05, 3.63) is 320 Å². The molecular formula is C86H50F3N7.